The van der Waals surface area contributed by atoms with E-state index in [4.69, 9.17) is 0 Å². The van der Waals surface area contributed by atoms with E-state index in [2.05, 4.69) is 10.1 Å². The molecule has 1 saturated heterocycles. The standard InChI is InChI=1S/C22H25F3N4O3/c1-27(18-5-3-2-4-6-18)16-21(31)29-13-11-28(12-14-29)15-20(30)26-17-7-9-19(10-8-17)32-22(23,24)25/h2-10H,11-16H2,1H3,(H,26,30). The normalized spacial score (nSPS) is 14.7. The maximum atomic E-state index is 12.6. The second kappa shape index (κ2) is 10.4. The molecule has 10 heteroatoms. The number of anilines is 2. The average molecular weight is 450 g/mol. The van der Waals surface area contributed by atoms with Gasteiger partial charge >= 0.3 is 6.36 Å². The van der Waals surface area contributed by atoms with Crippen LogP contribution >= 0.6 is 0 Å². The van der Waals surface area contributed by atoms with Gasteiger partial charge in [-0.2, -0.15) is 0 Å². The number of hydrogen-bond donors (Lipinski definition) is 1. The fourth-order valence-electron chi connectivity index (χ4n) is 3.38. The number of para-hydroxylation sites is 1. The lowest BCUT2D eigenvalue weighted by atomic mass is 10.2. The fraction of sp³-hybridized carbons (Fsp3) is 0.364. The molecule has 3 rings (SSSR count). The van der Waals surface area contributed by atoms with Crippen LogP contribution in [0, 0.1) is 0 Å². The molecule has 1 aliphatic rings. The Morgan fingerprint density at radius 2 is 1.62 bits per heavy atom. The molecule has 2 amide bonds. The van der Waals surface area contributed by atoms with E-state index < -0.39 is 6.36 Å². The molecule has 1 heterocycles. The maximum Gasteiger partial charge on any atom is 0.573 e. The quantitative estimate of drug-likeness (QED) is 0.703. The van der Waals surface area contributed by atoms with Crippen molar-refractivity contribution in [1.82, 2.24) is 9.80 Å². The summed E-state index contributed by atoms with van der Waals surface area (Å²) in [6.45, 7) is 2.58. The number of ether oxygens (including phenoxy) is 1. The summed E-state index contributed by atoms with van der Waals surface area (Å²) in [6, 6.07) is 14.6. The zero-order chi connectivity index (χ0) is 23.1. The van der Waals surface area contributed by atoms with Gasteiger partial charge in [-0.05, 0) is 36.4 Å². The summed E-state index contributed by atoms with van der Waals surface area (Å²) in [5.41, 5.74) is 1.34. The number of amides is 2. The van der Waals surface area contributed by atoms with E-state index in [9.17, 15) is 22.8 Å². The summed E-state index contributed by atoms with van der Waals surface area (Å²) in [6.07, 6.45) is -4.76. The van der Waals surface area contributed by atoms with Crippen LogP contribution in [-0.4, -0.2) is 74.3 Å². The Kier molecular flexibility index (Phi) is 7.57. The van der Waals surface area contributed by atoms with Crippen molar-refractivity contribution in [2.45, 2.75) is 6.36 Å². The monoisotopic (exact) mass is 450 g/mol. The van der Waals surface area contributed by atoms with Crippen molar-refractivity contribution < 1.29 is 27.5 Å². The molecule has 0 spiro atoms. The minimum absolute atomic E-state index is 0.0293. The number of benzene rings is 2. The number of piperazine rings is 1. The number of likely N-dealkylation sites (N-methyl/N-ethyl adjacent to an activating group) is 1. The van der Waals surface area contributed by atoms with Gasteiger partial charge in [-0.15, -0.1) is 13.2 Å². The third kappa shape index (κ3) is 7.16. The van der Waals surface area contributed by atoms with E-state index in [1.165, 1.54) is 12.1 Å². The second-order valence-electron chi connectivity index (χ2n) is 7.47. The number of rotatable bonds is 7. The van der Waals surface area contributed by atoms with E-state index in [0.29, 0.717) is 31.9 Å². The van der Waals surface area contributed by atoms with E-state index >= 15 is 0 Å². The van der Waals surface area contributed by atoms with Crippen molar-refractivity contribution in [3.05, 3.63) is 54.6 Å². The van der Waals surface area contributed by atoms with Crippen LogP contribution in [0.3, 0.4) is 0 Å². The van der Waals surface area contributed by atoms with Gasteiger partial charge in [0.1, 0.15) is 5.75 Å². The molecule has 1 N–H and O–H groups in total. The number of alkyl halides is 3. The molecule has 1 aliphatic heterocycles. The molecule has 0 aliphatic carbocycles. The summed E-state index contributed by atoms with van der Waals surface area (Å²) in [5, 5.41) is 2.65. The van der Waals surface area contributed by atoms with Gasteiger partial charge in [-0.3, -0.25) is 14.5 Å². The minimum atomic E-state index is -4.76. The van der Waals surface area contributed by atoms with Gasteiger partial charge in [-0.25, -0.2) is 0 Å². The highest BCUT2D eigenvalue weighted by molar-refractivity contribution is 5.92. The molecule has 2 aromatic rings. The van der Waals surface area contributed by atoms with Gasteiger partial charge in [-0.1, -0.05) is 18.2 Å². The molecule has 0 atom stereocenters. The highest BCUT2D eigenvalue weighted by Gasteiger charge is 2.31. The Bertz CT molecular complexity index is 899. The summed E-state index contributed by atoms with van der Waals surface area (Å²) in [7, 11) is 1.87. The summed E-state index contributed by atoms with van der Waals surface area (Å²) in [4.78, 5) is 30.4. The SMILES string of the molecule is CN(CC(=O)N1CCN(CC(=O)Nc2ccc(OC(F)(F)F)cc2)CC1)c1ccccc1. The molecular weight excluding hydrogens is 425 g/mol. The molecule has 1 fully saturated rings. The third-order valence-electron chi connectivity index (χ3n) is 5.03. The van der Waals surface area contributed by atoms with Crippen molar-refractivity contribution in [2.24, 2.45) is 0 Å². The largest absolute Gasteiger partial charge is 0.573 e. The van der Waals surface area contributed by atoms with Gasteiger partial charge in [0.15, 0.2) is 0 Å². The van der Waals surface area contributed by atoms with Gasteiger partial charge < -0.3 is 19.9 Å². The summed E-state index contributed by atoms with van der Waals surface area (Å²) < 4.78 is 40.4. The Morgan fingerprint density at radius 3 is 2.22 bits per heavy atom. The van der Waals surface area contributed by atoms with E-state index in [-0.39, 0.29) is 30.7 Å². The van der Waals surface area contributed by atoms with Crippen molar-refractivity contribution in [1.29, 1.82) is 0 Å². The number of carbonyl (C=O) groups is 2. The number of hydrogen-bond acceptors (Lipinski definition) is 5. The molecule has 0 aromatic heterocycles. The topological polar surface area (TPSA) is 65.1 Å². The van der Waals surface area contributed by atoms with Crippen LogP contribution < -0.4 is 15.0 Å². The van der Waals surface area contributed by atoms with E-state index in [1.807, 2.05) is 47.2 Å². The minimum Gasteiger partial charge on any atom is -0.406 e. The molecule has 7 nitrogen and oxygen atoms in total. The van der Waals surface area contributed by atoms with E-state index in [1.54, 1.807) is 4.90 Å². The molecule has 172 valence electrons. The Labute approximate surface area is 184 Å². The first-order valence-electron chi connectivity index (χ1n) is 10.1. The van der Waals surface area contributed by atoms with Crippen LogP contribution in [0.4, 0.5) is 24.5 Å². The van der Waals surface area contributed by atoms with Crippen molar-refractivity contribution in [2.75, 3.05) is 56.5 Å². The molecule has 0 saturated carbocycles. The van der Waals surface area contributed by atoms with Crippen LogP contribution in [0.2, 0.25) is 0 Å². The maximum absolute atomic E-state index is 12.6. The first kappa shape index (κ1) is 23.4. The Balaban J connectivity index is 1.40. The lowest BCUT2D eigenvalue weighted by Gasteiger charge is -2.35. The average Bonchev–Trinajstić information content (AvgIpc) is 2.75. The number of nitrogens with one attached hydrogen (secondary N) is 1. The molecule has 0 unspecified atom stereocenters. The fourth-order valence-corrected chi connectivity index (χ4v) is 3.38. The van der Waals surface area contributed by atoms with Gasteiger partial charge in [0.2, 0.25) is 11.8 Å². The zero-order valence-electron chi connectivity index (χ0n) is 17.6. The molecule has 2 aromatic carbocycles. The number of carbonyl (C=O) groups excluding carboxylic acids is 2. The van der Waals surface area contributed by atoms with Crippen molar-refractivity contribution in [3.63, 3.8) is 0 Å². The van der Waals surface area contributed by atoms with Gasteiger partial charge in [0.05, 0.1) is 13.1 Å². The van der Waals surface area contributed by atoms with Crippen LogP contribution in [0.1, 0.15) is 0 Å². The highest BCUT2D eigenvalue weighted by atomic mass is 19.4. The molecular formula is C22H25F3N4O3. The number of halogens is 3. The van der Waals surface area contributed by atoms with Gasteiger partial charge in [0, 0.05) is 44.6 Å². The van der Waals surface area contributed by atoms with Crippen LogP contribution in [0.25, 0.3) is 0 Å². The van der Waals surface area contributed by atoms with Crippen molar-refractivity contribution >= 4 is 23.2 Å². The van der Waals surface area contributed by atoms with Crippen LogP contribution in [0.15, 0.2) is 54.6 Å². The molecule has 0 radical (unpaired) electrons. The first-order valence-corrected chi connectivity index (χ1v) is 10.1. The van der Waals surface area contributed by atoms with Crippen molar-refractivity contribution in [3.8, 4) is 5.75 Å². The highest BCUT2D eigenvalue weighted by Crippen LogP contribution is 2.24. The predicted octanol–water partition coefficient (Wildman–Crippen LogP) is 2.80. The number of nitrogens with zero attached hydrogens (tertiary/aromatic N) is 3. The first-order chi connectivity index (χ1) is 15.2. The summed E-state index contributed by atoms with van der Waals surface area (Å²) >= 11 is 0. The summed E-state index contributed by atoms with van der Waals surface area (Å²) in [5.74, 6) is -0.603. The molecule has 0 bridgehead atoms. The lowest BCUT2D eigenvalue weighted by Crippen LogP contribution is -2.52. The van der Waals surface area contributed by atoms with E-state index in [0.717, 1.165) is 17.8 Å². The Morgan fingerprint density at radius 1 is 1.00 bits per heavy atom. The smallest absolute Gasteiger partial charge is 0.406 e. The van der Waals surface area contributed by atoms with Crippen LogP contribution in [0.5, 0.6) is 5.75 Å². The Hall–Kier alpha value is -3.27. The van der Waals surface area contributed by atoms with Crippen LogP contribution in [-0.2, 0) is 9.59 Å². The van der Waals surface area contributed by atoms with Gasteiger partial charge in [0.25, 0.3) is 0 Å². The zero-order valence-corrected chi connectivity index (χ0v) is 17.6. The lowest BCUT2D eigenvalue weighted by molar-refractivity contribution is -0.274. The predicted molar refractivity (Wildman–Crippen MR) is 114 cm³/mol. The molecule has 32 heavy (non-hydrogen) atoms. The second-order valence-corrected chi connectivity index (χ2v) is 7.47. The third-order valence-corrected chi connectivity index (χ3v) is 5.03.